The van der Waals surface area contributed by atoms with E-state index in [4.69, 9.17) is 0 Å². The highest BCUT2D eigenvalue weighted by molar-refractivity contribution is 7.15. The van der Waals surface area contributed by atoms with Gasteiger partial charge in [0, 0.05) is 4.88 Å². The fraction of sp³-hybridized carbons (Fsp3) is 0.500. The van der Waals surface area contributed by atoms with Gasteiger partial charge in [-0.05, 0) is 13.3 Å². The summed E-state index contributed by atoms with van der Waals surface area (Å²) in [6.07, 6.45) is -4.24. The van der Waals surface area contributed by atoms with Gasteiger partial charge >= 0.3 is 12.1 Å². The molecule has 0 unspecified atom stereocenters. The lowest BCUT2D eigenvalue weighted by atomic mass is 10.3. The summed E-state index contributed by atoms with van der Waals surface area (Å²) in [6.45, 7) is 3.59. The number of aryl methyl sites for hydroxylation is 2. The van der Waals surface area contributed by atoms with Gasteiger partial charge in [0.05, 0.1) is 5.69 Å². The van der Waals surface area contributed by atoms with Crippen molar-refractivity contribution < 1.29 is 18.0 Å². The quantitative estimate of drug-likeness (QED) is 0.860. The average Bonchev–Trinajstić information content (AvgIpc) is 2.44. The molecule has 1 aromatic rings. The molecule has 1 aromatic heterocycles. The van der Waals surface area contributed by atoms with Crippen LogP contribution in [0.25, 0.3) is 0 Å². The monoisotopic (exact) mass is 238 g/mol. The number of rotatable bonds is 2. The van der Waals surface area contributed by atoms with Gasteiger partial charge in [-0.2, -0.15) is 13.2 Å². The van der Waals surface area contributed by atoms with Crippen molar-refractivity contribution in [2.75, 3.05) is 5.32 Å². The maximum atomic E-state index is 11.9. The molecule has 15 heavy (non-hydrogen) atoms. The highest BCUT2D eigenvalue weighted by Gasteiger charge is 2.39. The number of nitrogens with zero attached hydrogens (tertiary/aromatic N) is 1. The fourth-order valence-electron chi connectivity index (χ4n) is 0.977. The number of thiazole rings is 1. The lowest BCUT2D eigenvalue weighted by Gasteiger charge is -2.04. The van der Waals surface area contributed by atoms with Crippen LogP contribution < -0.4 is 5.32 Å². The first-order chi connectivity index (χ1) is 6.84. The molecule has 0 spiro atoms. The van der Waals surface area contributed by atoms with Crippen molar-refractivity contribution in [3.8, 4) is 0 Å². The van der Waals surface area contributed by atoms with E-state index >= 15 is 0 Å². The molecule has 1 rings (SSSR count). The van der Waals surface area contributed by atoms with E-state index in [9.17, 15) is 18.0 Å². The number of hydrogen-bond acceptors (Lipinski definition) is 3. The van der Waals surface area contributed by atoms with Crippen LogP contribution in [-0.4, -0.2) is 17.1 Å². The Bertz CT molecular complexity index is 372. The van der Waals surface area contributed by atoms with Gasteiger partial charge in [0.15, 0.2) is 5.13 Å². The fourth-order valence-corrected chi connectivity index (χ4v) is 1.87. The number of anilines is 1. The first-order valence-corrected chi connectivity index (χ1v) is 5.00. The standard InChI is InChI=1S/C8H9F3N2OS/c1-3-5-4(2)15-7(12-5)13-6(14)8(9,10)11/h3H2,1-2H3,(H,12,13,14). The molecule has 0 radical (unpaired) electrons. The van der Waals surface area contributed by atoms with E-state index in [1.54, 1.807) is 12.2 Å². The van der Waals surface area contributed by atoms with Crippen LogP contribution in [0.5, 0.6) is 0 Å². The molecule has 0 aliphatic rings. The number of carbonyl (C=O) groups excluding carboxylic acids is 1. The molecule has 1 amide bonds. The summed E-state index contributed by atoms with van der Waals surface area (Å²) in [6, 6.07) is 0. The third-order valence-corrected chi connectivity index (χ3v) is 2.63. The molecule has 3 nitrogen and oxygen atoms in total. The van der Waals surface area contributed by atoms with Crippen molar-refractivity contribution in [2.24, 2.45) is 0 Å². The van der Waals surface area contributed by atoms with Crippen molar-refractivity contribution in [3.63, 3.8) is 0 Å². The lowest BCUT2D eigenvalue weighted by Crippen LogP contribution is -2.29. The number of carbonyl (C=O) groups is 1. The minimum atomic E-state index is -4.87. The maximum absolute atomic E-state index is 11.9. The summed E-state index contributed by atoms with van der Waals surface area (Å²) in [5.41, 5.74) is 0.706. The van der Waals surface area contributed by atoms with Crippen LogP contribution in [0.3, 0.4) is 0 Å². The second-order valence-electron chi connectivity index (χ2n) is 2.83. The molecule has 0 aromatic carbocycles. The normalized spacial score (nSPS) is 11.5. The van der Waals surface area contributed by atoms with Crippen LogP contribution in [-0.2, 0) is 11.2 Å². The number of aromatic nitrogens is 1. The van der Waals surface area contributed by atoms with E-state index in [0.717, 1.165) is 16.2 Å². The second-order valence-corrected chi connectivity index (χ2v) is 4.03. The van der Waals surface area contributed by atoms with Gasteiger partial charge < -0.3 is 0 Å². The third-order valence-electron chi connectivity index (χ3n) is 1.71. The molecule has 1 N–H and O–H groups in total. The van der Waals surface area contributed by atoms with Gasteiger partial charge in [-0.3, -0.25) is 10.1 Å². The summed E-state index contributed by atoms with van der Waals surface area (Å²) in [5, 5.41) is 1.71. The summed E-state index contributed by atoms with van der Waals surface area (Å²) >= 11 is 1.04. The van der Waals surface area contributed by atoms with Gasteiger partial charge in [-0.25, -0.2) is 4.98 Å². The van der Waals surface area contributed by atoms with Crippen LogP contribution in [0, 0.1) is 6.92 Å². The number of nitrogens with one attached hydrogen (secondary N) is 1. The Morgan fingerprint density at radius 3 is 2.53 bits per heavy atom. The molecule has 0 bridgehead atoms. The minimum absolute atomic E-state index is 0.00771. The van der Waals surface area contributed by atoms with Crippen molar-refractivity contribution in [1.82, 2.24) is 4.98 Å². The topological polar surface area (TPSA) is 42.0 Å². The molecule has 84 valence electrons. The zero-order valence-corrected chi connectivity index (χ0v) is 8.92. The number of halogens is 3. The van der Waals surface area contributed by atoms with Crippen molar-refractivity contribution in [3.05, 3.63) is 10.6 Å². The first kappa shape index (κ1) is 12.0. The van der Waals surface area contributed by atoms with Crippen LogP contribution in [0.4, 0.5) is 18.3 Å². The zero-order valence-electron chi connectivity index (χ0n) is 8.10. The van der Waals surface area contributed by atoms with E-state index in [-0.39, 0.29) is 5.13 Å². The minimum Gasteiger partial charge on any atom is -0.294 e. The molecule has 0 fully saturated rings. The molecule has 0 saturated heterocycles. The number of amides is 1. The summed E-state index contributed by atoms with van der Waals surface area (Å²) < 4.78 is 35.7. The van der Waals surface area contributed by atoms with E-state index in [0.29, 0.717) is 12.1 Å². The Kier molecular flexibility index (Phi) is 3.33. The summed E-state index contributed by atoms with van der Waals surface area (Å²) in [4.78, 5) is 15.3. The van der Waals surface area contributed by atoms with Gasteiger partial charge in [-0.1, -0.05) is 6.92 Å². The van der Waals surface area contributed by atoms with Crippen LogP contribution >= 0.6 is 11.3 Å². The van der Waals surface area contributed by atoms with Gasteiger partial charge in [0.25, 0.3) is 0 Å². The van der Waals surface area contributed by atoms with Crippen LogP contribution in [0.1, 0.15) is 17.5 Å². The van der Waals surface area contributed by atoms with Gasteiger partial charge in [0.1, 0.15) is 0 Å². The van der Waals surface area contributed by atoms with Crippen LogP contribution in [0.15, 0.2) is 0 Å². The third kappa shape index (κ3) is 2.92. The number of hydrogen-bond donors (Lipinski definition) is 1. The second kappa shape index (κ2) is 4.18. The average molecular weight is 238 g/mol. The molecule has 0 atom stereocenters. The van der Waals surface area contributed by atoms with E-state index in [2.05, 4.69) is 4.98 Å². The van der Waals surface area contributed by atoms with Crippen LogP contribution in [0.2, 0.25) is 0 Å². The molecular weight excluding hydrogens is 229 g/mol. The maximum Gasteiger partial charge on any atom is 0.471 e. The Labute approximate surface area is 88.3 Å². The molecular formula is C8H9F3N2OS. The van der Waals surface area contributed by atoms with E-state index in [1.165, 1.54) is 0 Å². The van der Waals surface area contributed by atoms with Crippen molar-refractivity contribution in [2.45, 2.75) is 26.4 Å². The SMILES string of the molecule is CCc1nc(NC(=O)C(F)(F)F)sc1C. The van der Waals surface area contributed by atoms with E-state index in [1.807, 2.05) is 6.92 Å². The number of alkyl halides is 3. The Balaban J connectivity index is 2.78. The molecule has 0 aliphatic carbocycles. The van der Waals surface area contributed by atoms with Crippen molar-refractivity contribution in [1.29, 1.82) is 0 Å². The van der Waals surface area contributed by atoms with Gasteiger partial charge in [0.2, 0.25) is 0 Å². The molecule has 0 aliphatic heterocycles. The molecule has 1 heterocycles. The van der Waals surface area contributed by atoms with Crippen molar-refractivity contribution >= 4 is 22.4 Å². The smallest absolute Gasteiger partial charge is 0.294 e. The Hall–Kier alpha value is -1.11. The largest absolute Gasteiger partial charge is 0.471 e. The van der Waals surface area contributed by atoms with Gasteiger partial charge in [-0.15, -0.1) is 11.3 Å². The molecule has 0 saturated carbocycles. The predicted octanol–water partition coefficient (Wildman–Crippen LogP) is 2.51. The highest BCUT2D eigenvalue weighted by atomic mass is 32.1. The Morgan fingerprint density at radius 2 is 2.13 bits per heavy atom. The lowest BCUT2D eigenvalue weighted by molar-refractivity contribution is -0.167. The Morgan fingerprint density at radius 1 is 1.53 bits per heavy atom. The zero-order chi connectivity index (χ0) is 11.6. The predicted molar refractivity (Wildman–Crippen MR) is 50.9 cm³/mol. The highest BCUT2D eigenvalue weighted by Crippen LogP contribution is 2.24. The summed E-state index contributed by atoms with van der Waals surface area (Å²) in [7, 11) is 0. The summed E-state index contributed by atoms with van der Waals surface area (Å²) in [5.74, 6) is -1.99. The first-order valence-electron chi connectivity index (χ1n) is 4.19. The molecule has 7 heteroatoms. The van der Waals surface area contributed by atoms with E-state index < -0.39 is 12.1 Å².